The zero-order valence-corrected chi connectivity index (χ0v) is 29.8. The van der Waals surface area contributed by atoms with Crippen molar-refractivity contribution in [2.24, 2.45) is 0 Å². The molecule has 3 nitrogen and oxygen atoms in total. The van der Waals surface area contributed by atoms with Crippen LogP contribution >= 0.6 is 0 Å². The molecule has 0 bridgehead atoms. The van der Waals surface area contributed by atoms with Crippen molar-refractivity contribution in [3.8, 4) is 67.5 Å². The maximum atomic E-state index is 5.17. The van der Waals surface area contributed by atoms with Gasteiger partial charge in [0.25, 0.3) is 0 Å². The summed E-state index contributed by atoms with van der Waals surface area (Å²) in [6, 6.07) is 54.4. The molecule has 10 rings (SSSR count). The van der Waals surface area contributed by atoms with Crippen molar-refractivity contribution < 1.29 is 0 Å². The summed E-state index contributed by atoms with van der Waals surface area (Å²) >= 11 is 0. The molecule has 7 aromatic carbocycles. The van der Waals surface area contributed by atoms with E-state index in [4.69, 9.17) is 15.0 Å². The molecule has 1 heterocycles. The number of hydrogen-bond donors (Lipinski definition) is 0. The number of rotatable bonds is 4. The van der Waals surface area contributed by atoms with Gasteiger partial charge >= 0.3 is 0 Å². The van der Waals surface area contributed by atoms with Crippen molar-refractivity contribution >= 4 is 10.8 Å². The Balaban J connectivity index is 1.18. The molecule has 1 aromatic heterocycles. The third-order valence-corrected chi connectivity index (χ3v) is 11.5. The van der Waals surface area contributed by atoms with Gasteiger partial charge in [-0.05, 0) is 90.7 Å². The highest BCUT2D eigenvalue weighted by Crippen LogP contribution is 2.58. The Labute approximate surface area is 304 Å². The van der Waals surface area contributed by atoms with Crippen LogP contribution in [0.1, 0.15) is 49.9 Å². The van der Waals surface area contributed by atoms with Gasteiger partial charge in [-0.15, -0.1) is 0 Å². The third-order valence-electron chi connectivity index (χ3n) is 11.5. The molecule has 0 radical (unpaired) electrons. The highest BCUT2D eigenvalue weighted by atomic mass is 15.0. The summed E-state index contributed by atoms with van der Waals surface area (Å²) < 4.78 is 0. The first-order chi connectivity index (χ1) is 25.3. The second-order valence-corrected chi connectivity index (χ2v) is 15.3. The number of hydrogen-bond acceptors (Lipinski definition) is 3. The van der Waals surface area contributed by atoms with Crippen LogP contribution in [-0.4, -0.2) is 15.0 Å². The van der Waals surface area contributed by atoms with E-state index in [1.807, 2.05) is 36.4 Å². The molecule has 52 heavy (non-hydrogen) atoms. The van der Waals surface area contributed by atoms with Gasteiger partial charge in [-0.25, -0.2) is 15.0 Å². The highest BCUT2D eigenvalue weighted by molar-refractivity contribution is 6.09. The first kappa shape index (κ1) is 30.6. The summed E-state index contributed by atoms with van der Waals surface area (Å²) in [6.07, 6.45) is 0. The fourth-order valence-corrected chi connectivity index (χ4v) is 8.73. The van der Waals surface area contributed by atoms with E-state index in [0.717, 1.165) is 22.1 Å². The predicted octanol–water partition coefficient (Wildman–Crippen LogP) is 12.3. The second kappa shape index (κ2) is 11.2. The Morgan fingerprint density at radius 1 is 0.327 bits per heavy atom. The van der Waals surface area contributed by atoms with E-state index >= 15 is 0 Å². The van der Waals surface area contributed by atoms with Gasteiger partial charge in [-0.1, -0.05) is 155 Å². The standard InChI is InChI=1S/C49H37N3/c1-48(2)40-26-33(30-16-8-5-9-17-30)24-25-35(40)37-27-42-39(29-41(37)48)44-36-23-15-14-22-34(36)38(28-43(44)49(42,3)4)47-51-45(31-18-10-6-11-19-31)50-46(52-47)32-20-12-7-13-21-32/h5-29H,1-4H3. The molecule has 0 fully saturated rings. The summed E-state index contributed by atoms with van der Waals surface area (Å²) in [6.45, 7) is 9.52. The summed E-state index contributed by atoms with van der Waals surface area (Å²) in [7, 11) is 0. The molecular formula is C49H37N3. The van der Waals surface area contributed by atoms with Crippen molar-refractivity contribution in [1.82, 2.24) is 15.0 Å². The molecule has 0 saturated heterocycles. The van der Waals surface area contributed by atoms with Crippen LogP contribution in [0.5, 0.6) is 0 Å². The Morgan fingerprint density at radius 2 is 0.788 bits per heavy atom. The lowest BCUT2D eigenvalue weighted by molar-refractivity contribution is 0.652. The van der Waals surface area contributed by atoms with Crippen LogP contribution in [0.3, 0.4) is 0 Å². The zero-order valence-electron chi connectivity index (χ0n) is 29.8. The molecule has 3 heteroatoms. The van der Waals surface area contributed by atoms with Crippen LogP contribution in [-0.2, 0) is 10.8 Å². The quantitative estimate of drug-likeness (QED) is 0.187. The average Bonchev–Trinajstić information content (AvgIpc) is 3.56. The summed E-state index contributed by atoms with van der Waals surface area (Å²) in [5.41, 5.74) is 15.9. The average molecular weight is 668 g/mol. The van der Waals surface area contributed by atoms with Crippen LogP contribution in [0.4, 0.5) is 0 Å². The van der Waals surface area contributed by atoms with Crippen molar-refractivity contribution in [3.63, 3.8) is 0 Å². The minimum absolute atomic E-state index is 0.139. The molecular weight excluding hydrogens is 631 g/mol. The Kier molecular flexibility index (Phi) is 6.57. The van der Waals surface area contributed by atoms with E-state index in [2.05, 4.69) is 143 Å². The molecule has 2 aliphatic rings. The van der Waals surface area contributed by atoms with E-state index in [1.54, 1.807) is 0 Å². The van der Waals surface area contributed by atoms with Crippen LogP contribution < -0.4 is 0 Å². The van der Waals surface area contributed by atoms with Gasteiger partial charge in [0, 0.05) is 27.5 Å². The van der Waals surface area contributed by atoms with E-state index < -0.39 is 0 Å². The molecule has 0 amide bonds. The van der Waals surface area contributed by atoms with E-state index in [9.17, 15) is 0 Å². The molecule has 8 aromatic rings. The van der Waals surface area contributed by atoms with Crippen LogP contribution in [0.2, 0.25) is 0 Å². The molecule has 0 spiro atoms. The van der Waals surface area contributed by atoms with Gasteiger partial charge < -0.3 is 0 Å². The highest BCUT2D eigenvalue weighted by Gasteiger charge is 2.42. The van der Waals surface area contributed by atoms with Crippen molar-refractivity contribution in [2.45, 2.75) is 38.5 Å². The maximum absolute atomic E-state index is 5.17. The Hall–Kier alpha value is -6.19. The number of nitrogens with zero attached hydrogens (tertiary/aromatic N) is 3. The lowest BCUT2D eigenvalue weighted by Crippen LogP contribution is -2.17. The lowest BCUT2D eigenvalue weighted by Gasteiger charge is -2.24. The number of benzene rings is 7. The summed E-state index contributed by atoms with van der Waals surface area (Å²) in [4.78, 5) is 15.3. The smallest absolute Gasteiger partial charge is 0.164 e. The van der Waals surface area contributed by atoms with Gasteiger partial charge in [0.15, 0.2) is 17.5 Å². The topological polar surface area (TPSA) is 38.7 Å². The summed E-state index contributed by atoms with van der Waals surface area (Å²) in [5, 5.41) is 2.37. The summed E-state index contributed by atoms with van der Waals surface area (Å²) in [5.74, 6) is 2.03. The predicted molar refractivity (Wildman–Crippen MR) is 214 cm³/mol. The normalized spacial score (nSPS) is 14.5. The maximum Gasteiger partial charge on any atom is 0.164 e. The van der Waals surface area contributed by atoms with Crippen molar-refractivity contribution in [1.29, 1.82) is 0 Å². The van der Waals surface area contributed by atoms with Crippen molar-refractivity contribution in [3.05, 3.63) is 174 Å². The SMILES string of the molecule is CC1(C)c2cc(-c3ccccc3)ccc2-c2cc3c(cc21)-c1c(cc(-c2nc(-c4ccccc4)nc(-c4ccccc4)n2)c2ccccc12)C3(C)C. The first-order valence-corrected chi connectivity index (χ1v) is 18.1. The first-order valence-electron chi connectivity index (χ1n) is 18.1. The van der Waals surface area contributed by atoms with Gasteiger partial charge in [0.1, 0.15) is 0 Å². The molecule has 248 valence electrons. The van der Waals surface area contributed by atoms with Crippen molar-refractivity contribution in [2.75, 3.05) is 0 Å². The minimum Gasteiger partial charge on any atom is -0.208 e. The van der Waals surface area contributed by atoms with Gasteiger partial charge in [0.05, 0.1) is 0 Å². The monoisotopic (exact) mass is 667 g/mol. The zero-order chi connectivity index (χ0) is 35.2. The Bertz CT molecular complexity index is 2650. The fourth-order valence-electron chi connectivity index (χ4n) is 8.73. The van der Waals surface area contributed by atoms with Gasteiger partial charge in [-0.3, -0.25) is 0 Å². The third kappa shape index (κ3) is 4.48. The van der Waals surface area contributed by atoms with Gasteiger partial charge in [0.2, 0.25) is 0 Å². The largest absolute Gasteiger partial charge is 0.208 e. The molecule has 2 aliphatic carbocycles. The Morgan fingerprint density at radius 3 is 1.42 bits per heavy atom. The number of aromatic nitrogens is 3. The lowest BCUT2D eigenvalue weighted by atomic mass is 9.79. The van der Waals surface area contributed by atoms with Gasteiger partial charge in [-0.2, -0.15) is 0 Å². The molecule has 0 atom stereocenters. The van der Waals surface area contributed by atoms with Crippen LogP contribution in [0.15, 0.2) is 152 Å². The van der Waals surface area contributed by atoms with E-state index in [0.29, 0.717) is 17.5 Å². The second-order valence-electron chi connectivity index (χ2n) is 15.3. The number of fused-ring (bicyclic) bond motifs is 8. The minimum atomic E-state index is -0.243. The molecule has 0 unspecified atom stereocenters. The van der Waals surface area contributed by atoms with Crippen LogP contribution in [0, 0.1) is 0 Å². The molecule has 0 aliphatic heterocycles. The molecule has 0 saturated carbocycles. The fraction of sp³-hybridized carbons (Fsp3) is 0.122. The van der Waals surface area contributed by atoms with E-state index in [1.165, 1.54) is 61.0 Å². The van der Waals surface area contributed by atoms with Crippen LogP contribution in [0.25, 0.3) is 78.3 Å². The molecule has 0 N–H and O–H groups in total. The van der Waals surface area contributed by atoms with E-state index in [-0.39, 0.29) is 10.8 Å².